The molecule has 2 aromatic rings. The number of benzene rings is 2. The van der Waals surface area contributed by atoms with E-state index < -0.39 is 26.5 Å². The summed E-state index contributed by atoms with van der Waals surface area (Å²) in [6, 6.07) is 8.38. The van der Waals surface area contributed by atoms with Crippen LogP contribution < -0.4 is 4.72 Å². The van der Waals surface area contributed by atoms with Crippen LogP contribution in [0.1, 0.15) is 0 Å². The van der Waals surface area contributed by atoms with Crippen LogP contribution in [-0.2, 0) is 10.0 Å². The average molecular weight is 375 g/mol. The van der Waals surface area contributed by atoms with Crippen molar-refractivity contribution in [1.29, 1.82) is 0 Å². The minimum Gasteiger partial charge on any atom is -0.279 e. The Morgan fingerprint density at radius 1 is 1.19 bits per heavy atom. The number of anilines is 1. The van der Waals surface area contributed by atoms with Gasteiger partial charge in [-0.1, -0.05) is 22.0 Å². The molecular formula is C12H8BrFN2O4S. The molecule has 0 saturated carbocycles. The smallest absolute Gasteiger partial charge is 0.274 e. The second-order valence-electron chi connectivity index (χ2n) is 4.02. The molecule has 110 valence electrons. The van der Waals surface area contributed by atoms with E-state index >= 15 is 0 Å². The molecule has 1 N–H and O–H groups in total. The molecule has 21 heavy (non-hydrogen) atoms. The van der Waals surface area contributed by atoms with Gasteiger partial charge in [-0.3, -0.25) is 14.8 Å². The van der Waals surface area contributed by atoms with Crippen LogP contribution in [0.25, 0.3) is 0 Å². The maximum atomic E-state index is 13.3. The number of nitro groups is 1. The van der Waals surface area contributed by atoms with Crippen molar-refractivity contribution in [2.75, 3.05) is 4.72 Å². The first-order valence-electron chi connectivity index (χ1n) is 5.51. The van der Waals surface area contributed by atoms with E-state index in [1.807, 2.05) is 0 Å². The van der Waals surface area contributed by atoms with Crippen molar-refractivity contribution in [3.05, 3.63) is 62.9 Å². The Morgan fingerprint density at radius 3 is 2.52 bits per heavy atom. The third-order valence-electron chi connectivity index (χ3n) is 2.45. The summed E-state index contributed by atoms with van der Waals surface area (Å²) in [6.07, 6.45) is 0. The Balaban J connectivity index is 2.39. The molecule has 0 amide bonds. The SMILES string of the molecule is O=[N+]([O-])c1cc(F)cc(NS(=O)(=O)c2cccc(Br)c2)c1. The molecule has 0 fully saturated rings. The number of non-ortho nitro benzene ring substituents is 1. The molecule has 0 aromatic heterocycles. The van der Waals surface area contributed by atoms with Gasteiger partial charge in [-0.25, -0.2) is 12.8 Å². The van der Waals surface area contributed by atoms with Gasteiger partial charge >= 0.3 is 0 Å². The van der Waals surface area contributed by atoms with E-state index in [9.17, 15) is 22.9 Å². The summed E-state index contributed by atoms with van der Waals surface area (Å²) in [5.74, 6) is -0.906. The molecular weight excluding hydrogens is 367 g/mol. The molecule has 0 heterocycles. The highest BCUT2D eigenvalue weighted by atomic mass is 79.9. The summed E-state index contributed by atoms with van der Waals surface area (Å²) >= 11 is 3.14. The predicted molar refractivity (Wildman–Crippen MR) is 78.0 cm³/mol. The molecule has 0 aliphatic carbocycles. The van der Waals surface area contributed by atoms with Crippen molar-refractivity contribution in [3.8, 4) is 0 Å². The zero-order chi connectivity index (χ0) is 15.6. The Labute approximate surface area is 127 Å². The number of rotatable bonds is 4. The average Bonchev–Trinajstić information content (AvgIpc) is 2.37. The Hall–Kier alpha value is -2.00. The number of halogens is 2. The molecule has 0 aliphatic heterocycles. The van der Waals surface area contributed by atoms with Crippen LogP contribution in [0.3, 0.4) is 0 Å². The number of sulfonamides is 1. The van der Waals surface area contributed by atoms with Gasteiger partial charge in [0, 0.05) is 10.5 Å². The molecule has 2 rings (SSSR count). The van der Waals surface area contributed by atoms with Gasteiger partial charge in [0.05, 0.1) is 21.6 Å². The van der Waals surface area contributed by atoms with E-state index in [-0.39, 0.29) is 10.6 Å². The standard InChI is InChI=1S/C12H8BrFN2O4S/c13-8-2-1-3-12(4-8)21(19,20)15-10-5-9(14)6-11(7-10)16(17)18/h1-7,15H. The van der Waals surface area contributed by atoms with Crippen molar-refractivity contribution in [2.45, 2.75) is 4.90 Å². The van der Waals surface area contributed by atoms with Gasteiger partial charge in [0.2, 0.25) is 0 Å². The predicted octanol–water partition coefficient (Wildman–Crippen LogP) is 3.30. The van der Waals surface area contributed by atoms with Gasteiger partial charge in [0.25, 0.3) is 15.7 Å². The van der Waals surface area contributed by atoms with Gasteiger partial charge in [-0.05, 0) is 24.3 Å². The molecule has 2 aromatic carbocycles. The number of nitrogens with zero attached hydrogens (tertiary/aromatic N) is 1. The van der Waals surface area contributed by atoms with Crippen molar-refractivity contribution in [2.24, 2.45) is 0 Å². The molecule has 9 heteroatoms. The fourth-order valence-electron chi connectivity index (χ4n) is 1.59. The summed E-state index contributed by atoms with van der Waals surface area (Å²) in [7, 11) is -3.96. The number of nitro benzene ring substituents is 1. The first-order chi connectivity index (χ1) is 9.78. The second kappa shape index (κ2) is 5.78. The third-order valence-corrected chi connectivity index (χ3v) is 4.32. The third kappa shape index (κ3) is 3.76. The van der Waals surface area contributed by atoms with Crippen molar-refractivity contribution in [3.63, 3.8) is 0 Å². The van der Waals surface area contributed by atoms with E-state index in [0.717, 1.165) is 12.1 Å². The summed E-state index contributed by atoms with van der Waals surface area (Å²) < 4.78 is 40.2. The van der Waals surface area contributed by atoms with Crippen molar-refractivity contribution < 1.29 is 17.7 Å². The van der Waals surface area contributed by atoms with Crippen LogP contribution in [0.5, 0.6) is 0 Å². The summed E-state index contributed by atoms with van der Waals surface area (Å²) in [6.45, 7) is 0. The highest BCUT2D eigenvalue weighted by Crippen LogP contribution is 2.23. The second-order valence-corrected chi connectivity index (χ2v) is 6.62. The summed E-state index contributed by atoms with van der Waals surface area (Å²) in [5.41, 5.74) is -0.761. The lowest BCUT2D eigenvalue weighted by atomic mass is 10.3. The van der Waals surface area contributed by atoms with E-state index in [2.05, 4.69) is 20.7 Å². The lowest BCUT2D eigenvalue weighted by molar-refractivity contribution is -0.385. The lowest BCUT2D eigenvalue weighted by Crippen LogP contribution is -2.13. The van der Waals surface area contributed by atoms with E-state index in [1.54, 1.807) is 6.07 Å². The Morgan fingerprint density at radius 2 is 1.90 bits per heavy atom. The highest BCUT2D eigenvalue weighted by Gasteiger charge is 2.17. The van der Waals surface area contributed by atoms with Crippen LogP contribution in [0.4, 0.5) is 15.8 Å². The van der Waals surface area contributed by atoms with Crippen LogP contribution in [-0.4, -0.2) is 13.3 Å². The van der Waals surface area contributed by atoms with Crippen molar-refractivity contribution in [1.82, 2.24) is 0 Å². The lowest BCUT2D eigenvalue weighted by Gasteiger charge is -2.08. The fraction of sp³-hybridized carbons (Fsp3) is 0. The Kier molecular flexibility index (Phi) is 4.24. The molecule has 0 radical (unpaired) electrons. The maximum Gasteiger partial charge on any atom is 0.274 e. The largest absolute Gasteiger partial charge is 0.279 e. The van der Waals surface area contributed by atoms with E-state index in [1.165, 1.54) is 18.2 Å². The zero-order valence-electron chi connectivity index (χ0n) is 10.3. The minimum absolute atomic E-state index is 0.0520. The van der Waals surface area contributed by atoms with E-state index in [0.29, 0.717) is 10.5 Å². The highest BCUT2D eigenvalue weighted by molar-refractivity contribution is 9.10. The van der Waals surface area contributed by atoms with Crippen LogP contribution >= 0.6 is 15.9 Å². The minimum atomic E-state index is -3.96. The van der Waals surface area contributed by atoms with Gasteiger partial charge in [-0.2, -0.15) is 0 Å². The molecule has 0 bridgehead atoms. The van der Waals surface area contributed by atoms with Crippen molar-refractivity contribution >= 4 is 37.3 Å². The number of hydrogen-bond acceptors (Lipinski definition) is 4. The van der Waals surface area contributed by atoms with Gasteiger partial charge in [0.1, 0.15) is 5.82 Å². The molecule has 0 spiro atoms. The number of hydrogen-bond donors (Lipinski definition) is 1. The van der Waals surface area contributed by atoms with Gasteiger partial charge in [-0.15, -0.1) is 0 Å². The van der Waals surface area contributed by atoms with Crippen LogP contribution in [0.15, 0.2) is 51.8 Å². The molecule has 0 aliphatic rings. The van der Waals surface area contributed by atoms with Gasteiger partial charge in [0.15, 0.2) is 0 Å². The Bertz CT molecular complexity index is 811. The first kappa shape index (κ1) is 15.4. The van der Waals surface area contributed by atoms with Crippen LogP contribution in [0.2, 0.25) is 0 Å². The summed E-state index contributed by atoms with van der Waals surface area (Å²) in [4.78, 5) is 9.78. The molecule has 0 atom stereocenters. The first-order valence-corrected chi connectivity index (χ1v) is 7.79. The molecule has 0 unspecified atom stereocenters. The van der Waals surface area contributed by atoms with Crippen LogP contribution in [0, 0.1) is 15.9 Å². The van der Waals surface area contributed by atoms with Gasteiger partial charge < -0.3 is 0 Å². The summed E-state index contributed by atoms with van der Waals surface area (Å²) in [5, 5.41) is 10.6. The monoisotopic (exact) mass is 374 g/mol. The normalized spacial score (nSPS) is 11.1. The number of nitrogens with one attached hydrogen (secondary N) is 1. The topological polar surface area (TPSA) is 89.3 Å². The zero-order valence-corrected chi connectivity index (χ0v) is 12.7. The molecule has 6 nitrogen and oxygen atoms in total. The van der Waals surface area contributed by atoms with E-state index in [4.69, 9.17) is 0 Å². The molecule has 0 saturated heterocycles. The quantitative estimate of drug-likeness (QED) is 0.656. The maximum absolute atomic E-state index is 13.3. The fourth-order valence-corrected chi connectivity index (χ4v) is 3.22.